The van der Waals surface area contributed by atoms with Crippen LogP contribution in [0.15, 0.2) is 12.1 Å². The van der Waals surface area contributed by atoms with E-state index in [0.717, 1.165) is 22.9 Å². The van der Waals surface area contributed by atoms with Gasteiger partial charge in [-0.25, -0.2) is 8.42 Å². The van der Waals surface area contributed by atoms with E-state index in [1.54, 1.807) is 0 Å². The van der Waals surface area contributed by atoms with Crippen molar-refractivity contribution in [1.29, 1.82) is 0 Å². The van der Waals surface area contributed by atoms with Crippen molar-refractivity contribution in [3.05, 3.63) is 34.4 Å². The molecule has 0 fully saturated rings. The van der Waals surface area contributed by atoms with E-state index in [1.807, 2.05) is 32.9 Å². The molecule has 0 atom stereocenters. The van der Waals surface area contributed by atoms with Gasteiger partial charge in [-0.2, -0.15) is 0 Å². The molecule has 18 heavy (non-hydrogen) atoms. The summed E-state index contributed by atoms with van der Waals surface area (Å²) in [5.74, 6) is -0.333. The lowest BCUT2D eigenvalue weighted by Crippen LogP contribution is -2.40. The maximum Gasteiger partial charge on any atom is 0.183 e. The van der Waals surface area contributed by atoms with Crippen molar-refractivity contribution in [3.63, 3.8) is 0 Å². The Kier molecular flexibility index (Phi) is 3.73. The molecule has 100 valence electrons. The zero-order valence-electron chi connectivity index (χ0n) is 11.8. The van der Waals surface area contributed by atoms with E-state index in [2.05, 4.69) is 0 Å². The number of carbonyl (C=O) groups excluding carboxylic acids is 1. The Bertz CT molecular complexity index is 572. The second-order valence-corrected chi connectivity index (χ2v) is 7.95. The number of hydrogen-bond acceptors (Lipinski definition) is 3. The standard InChI is InChI=1S/C14H20O3S/c1-9-7-10(2)12(11(3)8-9)13(15)14(4,5)18(6,16)17/h7-8H,1-6H3. The molecule has 0 bridgehead atoms. The number of hydrogen-bond donors (Lipinski definition) is 0. The van der Waals surface area contributed by atoms with E-state index >= 15 is 0 Å². The maximum atomic E-state index is 12.5. The summed E-state index contributed by atoms with van der Waals surface area (Å²) in [4.78, 5) is 12.5. The molecule has 0 unspecified atom stereocenters. The number of benzene rings is 1. The van der Waals surface area contributed by atoms with Gasteiger partial charge in [-0.1, -0.05) is 17.7 Å². The first-order valence-corrected chi connectivity index (χ1v) is 7.70. The van der Waals surface area contributed by atoms with Crippen LogP contribution in [-0.2, 0) is 9.84 Å². The van der Waals surface area contributed by atoms with Gasteiger partial charge in [0.2, 0.25) is 0 Å². The maximum absolute atomic E-state index is 12.5. The number of rotatable bonds is 3. The Morgan fingerprint density at radius 1 is 1.06 bits per heavy atom. The first-order valence-electron chi connectivity index (χ1n) is 5.80. The summed E-state index contributed by atoms with van der Waals surface area (Å²) in [6.45, 7) is 8.56. The van der Waals surface area contributed by atoms with Crippen molar-refractivity contribution in [2.75, 3.05) is 6.26 Å². The fourth-order valence-corrected chi connectivity index (χ4v) is 2.45. The second-order valence-electron chi connectivity index (χ2n) is 5.39. The van der Waals surface area contributed by atoms with E-state index in [9.17, 15) is 13.2 Å². The Morgan fingerprint density at radius 3 is 1.78 bits per heavy atom. The lowest BCUT2D eigenvalue weighted by atomic mass is 9.91. The second kappa shape index (κ2) is 4.50. The van der Waals surface area contributed by atoms with Crippen LogP contribution in [0.4, 0.5) is 0 Å². The molecule has 4 heteroatoms. The normalized spacial score (nSPS) is 12.6. The fraction of sp³-hybridized carbons (Fsp3) is 0.500. The minimum Gasteiger partial charge on any atom is -0.292 e. The number of aryl methyl sites for hydroxylation is 3. The predicted octanol–water partition coefficient (Wildman–Crippen LogP) is 2.62. The molecule has 1 aromatic rings. The van der Waals surface area contributed by atoms with Crippen LogP contribution >= 0.6 is 0 Å². The van der Waals surface area contributed by atoms with E-state index in [0.29, 0.717) is 5.56 Å². The first kappa shape index (κ1) is 14.9. The predicted molar refractivity (Wildman–Crippen MR) is 73.9 cm³/mol. The summed E-state index contributed by atoms with van der Waals surface area (Å²) in [5, 5.41) is 0. The Morgan fingerprint density at radius 2 is 1.44 bits per heavy atom. The van der Waals surface area contributed by atoms with Crippen molar-refractivity contribution in [2.45, 2.75) is 39.4 Å². The van der Waals surface area contributed by atoms with Crippen LogP contribution in [0.3, 0.4) is 0 Å². The van der Waals surface area contributed by atoms with E-state index in [4.69, 9.17) is 0 Å². The molecule has 0 saturated heterocycles. The molecule has 0 heterocycles. The summed E-state index contributed by atoms with van der Waals surface area (Å²) in [7, 11) is -3.44. The van der Waals surface area contributed by atoms with Gasteiger partial charge in [0, 0.05) is 11.8 Å². The topological polar surface area (TPSA) is 51.2 Å². The third kappa shape index (κ3) is 2.48. The largest absolute Gasteiger partial charge is 0.292 e. The zero-order chi connectivity index (χ0) is 14.3. The highest BCUT2D eigenvalue weighted by Gasteiger charge is 2.39. The third-order valence-electron chi connectivity index (χ3n) is 3.38. The third-order valence-corrected chi connectivity index (χ3v) is 5.42. The van der Waals surface area contributed by atoms with Gasteiger partial charge in [-0.15, -0.1) is 0 Å². The lowest BCUT2D eigenvalue weighted by molar-refractivity contribution is 0.0953. The molecule has 0 N–H and O–H groups in total. The van der Waals surface area contributed by atoms with Crippen LogP contribution in [0.25, 0.3) is 0 Å². The summed E-state index contributed by atoms with van der Waals surface area (Å²) >= 11 is 0. The van der Waals surface area contributed by atoms with Crippen LogP contribution in [-0.4, -0.2) is 25.2 Å². The van der Waals surface area contributed by atoms with Crippen molar-refractivity contribution in [3.8, 4) is 0 Å². The van der Waals surface area contributed by atoms with E-state index in [1.165, 1.54) is 13.8 Å². The minimum absolute atomic E-state index is 0.333. The van der Waals surface area contributed by atoms with Crippen molar-refractivity contribution in [2.24, 2.45) is 0 Å². The lowest BCUT2D eigenvalue weighted by Gasteiger charge is -2.23. The summed E-state index contributed by atoms with van der Waals surface area (Å²) < 4.78 is 22.1. The monoisotopic (exact) mass is 268 g/mol. The van der Waals surface area contributed by atoms with Gasteiger partial charge in [0.15, 0.2) is 15.6 Å². The van der Waals surface area contributed by atoms with Gasteiger partial charge in [-0.3, -0.25) is 4.79 Å². The van der Waals surface area contributed by atoms with Crippen LogP contribution in [0, 0.1) is 20.8 Å². The molecule has 0 saturated carbocycles. The highest BCUT2D eigenvalue weighted by atomic mass is 32.2. The van der Waals surface area contributed by atoms with Crippen molar-refractivity contribution < 1.29 is 13.2 Å². The highest BCUT2D eigenvalue weighted by molar-refractivity contribution is 7.92. The molecule has 0 aliphatic carbocycles. The van der Waals surface area contributed by atoms with Crippen molar-refractivity contribution >= 4 is 15.6 Å². The van der Waals surface area contributed by atoms with Gasteiger partial charge in [0.25, 0.3) is 0 Å². The van der Waals surface area contributed by atoms with Crippen LogP contribution < -0.4 is 0 Å². The Labute approximate surface area is 109 Å². The average molecular weight is 268 g/mol. The summed E-state index contributed by atoms with van der Waals surface area (Å²) in [5.41, 5.74) is 3.25. The average Bonchev–Trinajstić information content (AvgIpc) is 2.13. The Hall–Kier alpha value is -1.16. The van der Waals surface area contributed by atoms with Crippen molar-refractivity contribution in [1.82, 2.24) is 0 Å². The molecule has 1 aromatic carbocycles. The molecule has 0 amide bonds. The Balaban J connectivity index is 3.47. The molecule has 0 radical (unpaired) electrons. The SMILES string of the molecule is Cc1cc(C)c(C(=O)C(C)(C)S(C)(=O)=O)c(C)c1. The quantitative estimate of drug-likeness (QED) is 0.792. The number of sulfone groups is 1. The summed E-state index contributed by atoms with van der Waals surface area (Å²) in [6.07, 6.45) is 1.10. The minimum atomic E-state index is -3.44. The van der Waals surface area contributed by atoms with Gasteiger partial charge in [0.05, 0.1) is 0 Å². The van der Waals surface area contributed by atoms with E-state index in [-0.39, 0.29) is 5.78 Å². The van der Waals surface area contributed by atoms with Gasteiger partial charge < -0.3 is 0 Å². The number of ketones is 1. The van der Waals surface area contributed by atoms with Gasteiger partial charge >= 0.3 is 0 Å². The van der Waals surface area contributed by atoms with Crippen LogP contribution in [0.5, 0.6) is 0 Å². The smallest absolute Gasteiger partial charge is 0.183 e. The van der Waals surface area contributed by atoms with Gasteiger partial charge in [0.1, 0.15) is 4.75 Å². The van der Waals surface area contributed by atoms with Crippen LogP contribution in [0.2, 0.25) is 0 Å². The van der Waals surface area contributed by atoms with Crippen LogP contribution in [0.1, 0.15) is 40.9 Å². The molecule has 0 spiro atoms. The molecule has 3 nitrogen and oxygen atoms in total. The fourth-order valence-electron chi connectivity index (χ4n) is 2.01. The van der Waals surface area contributed by atoms with E-state index < -0.39 is 14.6 Å². The van der Waals surface area contributed by atoms with Gasteiger partial charge in [-0.05, 0) is 45.7 Å². The molecule has 1 rings (SSSR count). The molecular weight excluding hydrogens is 248 g/mol. The first-order chi connectivity index (χ1) is 7.98. The molecule has 0 aliphatic rings. The highest BCUT2D eigenvalue weighted by Crippen LogP contribution is 2.26. The molecular formula is C14H20O3S. The number of Topliss-reactive ketones (excluding diaryl/α,β-unsaturated/α-hetero) is 1. The summed E-state index contributed by atoms with van der Waals surface area (Å²) in [6, 6.07) is 3.80. The molecule has 0 aliphatic heterocycles. The number of carbonyl (C=O) groups is 1. The molecule has 0 aromatic heterocycles. The zero-order valence-corrected chi connectivity index (χ0v) is 12.6.